The van der Waals surface area contributed by atoms with Crippen molar-refractivity contribution in [2.24, 2.45) is 5.92 Å². The Hall–Kier alpha value is -2.08. The third kappa shape index (κ3) is 3.82. The van der Waals surface area contributed by atoms with Gasteiger partial charge in [0, 0.05) is 12.1 Å². The molecule has 0 aliphatic carbocycles. The largest absolute Gasteiger partial charge is 0.493 e. The summed E-state index contributed by atoms with van der Waals surface area (Å²) < 4.78 is 10.7. The van der Waals surface area contributed by atoms with Gasteiger partial charge in [-0.2, -0.15) is 0 Å². The SMILES string of the molecule is COc1cccc(/C=C2\C(=O)NC(=S)N2CCC(C)C)c1OC. The molecule has 0 bridgehead atoms. The van der Waals surface area contributed by atoms with E-state index in [1.807, 2.05) is 23.1 Å². The number of benzene rings is 1. The van der Waals surface area contributed by atoms with E-state index in [0.29, 0.717) is 34.8 Å². The van der Waals surface area contributed by atoms with Gasteiger partial charge in [0.25, 0.3) is 5.91 Å². The van der Waals surface area contributed by atoms with Gasteiger partial charge in [-0.05, 0) is 36.7 Å². The highest BCUT2D eigenvalue weighted by Gasteiger charge is 2.30. The van der Waals surface area contributed by atoms with E-state index in [9.17, 15) is 4.79 Å². The van der Waals surface area contributed by atoms with Crippen molar-refractivity contribution < 1.29 is 14.3 Å². The second-order valence-electron chi connectivity index (χ2n) is 5.71. The Bertz CT molecular complexity index is 641. The summed E-state index contributed by atoms with van der Waals surface area (Å²) in [6, 6.07) is 5.55. The number of nitrogens with one attached hydrogen (secondary N) is 1. The standard InChI is InChI=1S/C17H22N2O3S/c1-11(2)8-9-19-13(16(20)18-17(19)23)10-12-6-5-7-14(21-3)15(12)22-4/h5-7,10-11H,8-9H2,1-4H3,(H,18,20,23)/b13-10+. The molecular weight excluding hydrogens is 312 g/mol. The minimum absolute atomic E-state index is 0.191. The molecule has 1 aliphatic heterocycles. The van der Waals surface area contributed by atoms with Crippen molar-refractivity contribution in [1.82, 2.24) is 10.2 Å². The third-order valence-corrected chi connectivity index (χ3v) is 3.97. The lowest BCUT2D eigenvalue weighted by Crippen LogP contribution is -2.28. The zero-order valence-corrected chi connectivity index (χ0v) is 14.7. The number of carbonyl (C=O) groups excluding carboxylic acids is 1. The summed E-state index contributed by atoms with van der Waals surface area (Å²) in [5.41, 5.74) is 1.30. The number of hydrogen-bond acceptors (Lipinski definition) is 4. The number of nitrogens with zero attached hydrogens (tertiary/aromatic N) is 1. The van der Waals surface area contributed by atoms with Gasteiger partial charge in [0.1, 0.15) is 5.70 Å². The van der Waals surface area contributed by atoms with E-state index < -0.39 is 0 Å². The number of rotatable bonds is 6. The molecule has 1 aromatic carbocycles. The minimum atomic E-state index is -0.191. The van der Waals surface area contributed by atoms with Gasteiger partial charge in [-0.3, -0.25) is 10.1 Å². The second-order valence-corrected chi connectivity index (χ2v) is 6.09. The summed E-state index contributed by atoms with van der Waals surface area (Å²) in [7, 11) is 3.16. The molecule has 1 heterocycles. The van der Waals surface area contributed by atoms with Crippen LogP contribution in [0.3, 0.4) is 0 Å². The van der Waals surface area contributed by atoms with E-state index >= 15 is 0 Å². The van der Waals surface area contributed by atoms with Crippen molar-refractivity contribution in [3.05, 3.63) is 29.5 Å². The van der Waals surface area contributed by atoms with Crippen molar-refractivity contribution in [3.63, 3.8) is 0 Å². The van der Waals surface area contributed by atoms with Crippen LogP contribution in [0.5, 0.6) is 11.5 Å². The van der Waals surface area contributed by atoms with Crippen LogP contribution in [0.4, 0.5) is 0 Å². The molecule has 1 fully saturated rings. The summed E-state index contributed by atoms with van der Waals surface area (Å²) in [5, 5.41) is 3.15. The Morgan fingerprint density at radius 1 is 1.30 bits per heavy atom. The Kier molecular flexibility index (Phi) is 5.60. The molecule has 1 aromatic rings. The number of thiocarbonyl (C=S) groups is 1. The van der Waals surface area contributed by atoms with Crippen LogP contribution in [0.15, 0.2) is 23.9 Å². The van der Waals surface area contributed by atoms with Crippen LogP contribution in [0.1, 0.15) is 25.8 Å². The highest BCUT2D eigenvalue weighted by molar-refractivity contribution is 7.80. The number of hydrogen-bond donors (Lipinski definition) is 1. The van der Waals surface area contributed by atoms with E-state index in [-0.39, 0.29) is 5.91 Å². The quantitative estimate of drug-likeness (QED) is 0.640. The maximum atomic E-state index is 12.2. The van der Waals surface area contributed by atoms with Gasteiger partial charge in [-0.25, -0.2) is 0 Å². The number of para-hydroxylation sites is 1. The van der Waals surface area contributed by atoms with Crippen LogP contribution < -0.4 is 14.8 Å². The molecule has 0 unspecified atom stereocenters. The number of carbonyl (C=O) groups is 1. The van der Waals surface area contributed by atoms with Gasteiger partial charge < -0.3 is 14.4 Å². The molecule has 6 heteroatoms. The Labute approximate surface area is 142 Å². The molecule has 1 amide bonds. The van der Waals surface area contributed by atoms with Crippen LogP contribution in [0.2, 0.25) is 0 Å². The lowest BCUT2D eigenvalue weighted by atomic mass is 10.1. The lowest BCUT2D eigenvalue weighted by Gasteiger charge is -2.19. The third-order valence-electron chi connectivity index (χ3n) is 3.64. The van der Waals surface area contributed by atoms with Crippen molar-refractivity contribution >= 4 is 29.3 Å². The van der Waals surface area contributed by atoms with Crippen molar-refractivity contribution in [2.45, 2.75) is 20.3 Å². The molecule has 124 valence electrons. The van der Waals surface area contributed by atoms with Crippen LogP contribution in [-0.2, 0) is 4.79 Å². The topological polar surface area (TPSA) is 50.8 Å². The molecule has 1 saturated heterocycles. The first kappa shape index (κ1) is 17.3. The maximum Gasteiger partial charge on any atom is 0.274 e. The first-order valence-corrected chi connectivity index (χ1v) is 7.94. The van der Waals surface area contributed by atoms with Crippen LogP contribution in [0.25, 0.3) is 6.08 Å². The Morgan fingerprint density at radius 3 is 2.65 bits per heavy atom. The number of amides is 1. The van der Waals surface area contributed by atoms with E-state index in [1.165, 1.54) is 0 Å². The predicted octanol–water partition coefficient (Wildman–Crippen LogP) is 2.81. The van der Waals surface area contributed by atoms with Crippen LogP contribution in [-0.4, -0.2) is 36.7 Å². The first-order chi connectivity index (χ1) is 11.0. The molecule has 2 rings (SSSR count). The molecule has 0 atom stereocenters. The average Bonchev–Trinajstić information content (AvgIpc) is 2.78. The average molecular weight is 334 g/mol. The number of methoxy groups -OCH3 is 2. The molecule has 0 radical (unpaired) electrons. The van der Waals surface area contributed by atoms with Crippen molar-refractivity contribution in [1.29, 1.82) is 0 Å². The summed E-state index contributed by atoms with van der Waals surface area (Å²) in [4.78, 5) is 14.1. The van der Waals surface area contributed by atoms with E-state index in [2.05, 4.69) is 19.2 Å². The zero-order chi connectivity index (χ0) is 17.0. The molecule has 1 N–H and O–H groups in total. The molecule has 5 nitrogen and oxygen atoms in total. The fraction of sp³-hybridized carbons (Fsp3) is 0.412. The second kappa shape index (κ2) is 7.46. The lowest BCUT2D eigenvalue weighted by molar-refractivity contribution is -0.115. The Balaban J connectivity index is 2.39. The molecule has 1 aliphatic rings. The van der Waals surface area contributed by atoms with Gasteiger partial charge in [0.05, 0.1) is 14.2 Å². The van der Waals surface area contributed by atoms with Crippen LogP contribution >= 0.6 is 12.2 Å². The van der Waals surface area contributed by atoms with E-state index in [0.717, 1.165) is 12.0 Å². The van der Waals surface area contributed by atoms with Gasteiger partial charge in [0.15, 0.2) is 16.6 Å². The zero-order valence-electron chi connectivity index (χ0n) is 13.9. The summed E-state index contributed by atoms with van der Waals surface area (Å²) in [5.74, 6) is 1.55. The summed E-state index contributed by atoms with van der Waals surface area (Å²) in [6.07, 6.45) is 2.73. The number of ether oxygens (including phenoxy) is 2. The van der Waals surface area contributed by atoms with Gasteiger partial charge in [-0.15, -0.1) is 0 Å². The first-order valence-electron chi connectivity index (χ1n) is 7.53. The fourth-order valence-corrected chi connectivity index (χ4v) is 2.67. The Morgan fingerprint density at radius 2 is 2.04 bits per heavy atom. The normalized spacial score (nSPS) is 16.2. The molecule has 0 spiro atoms. The van der Waals surface area contributed by atoms with Gasteiger partial charge in [-0.1, -0.05) is 26.0 Å². The monoisotopic (exact) mass is 334 g/mol. The molecule has 0 saturated carbocycles. The smallest absolute Gasteiger partial charge is 0.274 e. The maximum absolute atomic E-state index is 12.2. The molecule has 0 aromatic heterocycles. The van der Waals surface area contributed by atoms with Crippen molar-refractivity contribution in [2.75, 3.05) is 20.8 Å². The van der Waals surface area contributed by atoms with Crippen LogP contribution in [0, 0.1) is 5.92 Å². The molecule has 23 heavy (non-hydrogen) atoms. The molecular formula is C17H22N2O3S. The summed E-state index contributed by atoms with van der Waals surface area (Å²) in [6.45, 7) is 4.99. The van der Waals surface area contributed by atoms with E-state index in [4.69, 9.17) is 21.7 Å². The highest BCUT2D eigenvalue weighted by Crippen LogP contribution is 2.33. The van der Waals surface area contributed by atoms with Gasteiger partial charge >= 0.3 is 0 Å². The highest BCUT2D eigenvalue weighted by atomic mass is 32.1. The van der Waals surface area contributed by atoms with E-state index in [1.54, 1.807) is 20.3 Å². The summed E-state index contributed by atoms with van der Waals surface area (Å²) >= 11 is 5.27. The predicted molar refractivity (Wildman–Crippen MR) is 94.4 cm³/mol. The van der Waals surface area contributed by atoms with Crippen molar-refractivity contribution in [3.8, 4) is 11.5 Å². The fourth-order valence-electron chi connectivity index (χ4n) is 2.39. The van der Waals surface area contributed by atoms with Gasteiger partial charge in [0.2, 0.25) is 0 Å². The minimum Gasteiger partial charge on any atom is -0.493 e.